The van der Waals surface area contributed by atoms with Crippen molar-refractivity contribution in [1.29, 1.82) is 0 Å². The molecule has 0 atom stereocenters. The summed E-state index contributed by atoms with van der Waals surface area (Å²) in [7, 11) is -3.66. The largest absolute Gasteiger partial charge is 0.395 e. The summed E-state index contributed by atoms with van der Waals surface area (Å²) in [6, 6.07) is 9.50. The number of aliphatic hydroxyl groups excluding tert-OH is 1. The number of benzene rings is 1. The first-order chi connectivity index (χ1) is 11.9. The predicted octanol–water partition coefficient (Wildman–Crippen LogP) is -0.652. The summed E-state index contributed by atoms with van der Waals surface area (Å²) in [5.41, 5.74) is 7.36. The zero-order valence-electron chi connectivity index (χ0n) is 13.4. The Bertz CT molecular complexity index is 809. The van der Waals surface area contributed by atoms with Crippen molar-refractivity contribution in [3.63, 3.8) is 0 Å². The van der Waals surface area contributed by atoms with Gasteiger partial charge in [0.25, 0.3) is 0 Å². The van der Waals surface area contributed by atoms with E-state index >= 15 is 0 Å². The molecule has 0 saturated carbocycles. The fourth-order valence-electron chi connectivity index (χ4n) is 1.97. The number of pyridine rings is 1. The van der Waals surface area contributed by atoms with Crippen molar-refractivity contribution in [2.75, 3.05) is 13.2 Å². The SMILES string of the molecule is N/C(=N\N(N)Cc1ccncc1)c1ccc(S(=O)(=O)NCCO)cc1. The molecule has 0 bridgehead atoms. The molecule has 0 spiro atoms. The molecular formula is C15H20N6O3S. The maximum absolute atomic E-state index is 11.9. The summed E-state index contributed by atoms with van der Waals surface area (Å²) in [4.78, 5) is 3.99. The summed E-state index contributed by atoms with van der Waals surface area (Å²) in [6.45, 7) is 0.0202. The highest BCUT2D eigenvalue weighted by Gasteiger charge is 2.13. The topological polar surface area (TPSA) is 147 Å². The van der Waals surface area contributed by atoms with Crippen LogP contribution in [0.2, 0.25) is 0 Å². The number of hydrazine groups is 1. The van der Waals surface area contributed by atoms with Crippen molar-refractivity contribution in [2.24, 2.45) is 16.7 Å². The van der Waals surface area contributed by atoms with Crippen LogP contribution >= 0.6 is 0 Å². The van der Waals surface area contributed by atoms with Crippen LogP contribution in [0.4, 0.5) is 0 Å². The lowest BCUT2D eigenvalue weighted by atomic mass is 10.2. The zero-order chi connectivity index (χ0) is 18.3. The number of nitrogens with two attached hydrogens (primary N) is 2. The molecule has 0 amide bonds. The minimum absolute atomic E-state index is 0.0508. The maximum Gasteiger partial charge on any atom is 0.240 e. The van der Waals surface area contributed by atoms with E-state index < -0.39 is 10.0 Å². The minimum atomic E-state index is -3.66. The second kappa shape index (κ2) is 8.53. The first-order valence-corrected chi connectivity index (χ1v) is 8.87. The Hall–Kier alpha value is -2.53. The Morgan fingerprint density at radius 3 is 2.44 bits per heavy atom. The number of sulfonamides is 1. The molecule has 1 aromatic heterocycles. The lowest BCUT2D eigenvalue weighted by Crippen LogP contribution is -2.29. The van der Waals surface area contributed by atoms with Gasteiger partial charge in [0.1, 0.15) is 0 Å². The van der Waals surface area contributed by atoms with E-state index in [0.717, 1.165) is 5.56 Å². The zero-order valence-corrected chi connectivity index (χ0v) is 14.2. The molecule has 10 heteroatoms. The van der Waals surface area contributed by atoms with E-state index in [-0.39, 0.29) is 23.9 Å². The summed E-state index contributed by atoms with van der Waals surface area (Å²) >= 11 is 0. The van der Waals surface area contributed by atoms with Gasteiger partial charge in [0, 0.05) is 24.5 Å². The number of hydrogen-bond donors (Lipinski definition) is 4. The lowest BCUT2D eigenvalue weighted by Gasteiger charge is -2.13. The van der Waals surface area contributed by atoms with Gasteiger partial charge in [-0.05, 0) is 42.0 Å². The number of amidine groups is 1. The highest BCUT2D eigenvalue weighted by Crippen LogP contribution is 2.10. The molecule has 0 radical (unpaired) electrons. The molecule has 1 heterocycles. The molecule has 9 nitrogen and oxygen atoms in total. The molecule has 2 aromatic rings. The number of rotatable bonds is 8. The Balaban J connectivity index is 2.07. The molecular weight excluding hydrogens is 344 g/mol. The van der Waals surface area contributed by atoms with Crippen LogP contribution in [0.1, 0.15) is 11.1 Å². The second-order valence-electron chi connectivity index (χ2n) is 5.08. The van der Waals surface area contributed by atoms with Crippen molar-refractivity contribution >= 4 is 15.9 Å². The summed E-state index contributed by atoms with van der Waals surface area (Å²) in [5.74, 6) is 5.97. The van der Waals surface area contributed by atoms with Crippen molar-refractivity contribution in [1.82, 2.24) is 14.8 Å². The number of hydrazone groups is 1. The predicted molar refractivity (Wildman–Crippen MR) is 93.4 cm³/mol. The Morgan fingerprint density at radius 2 is 1.84 bits per heavy atom. The van der Waals surface area contributed by atoms with Gasteiger partial charge >= 0.3 is 0 Å². The van der Waals surface area contributed by atoms with Gasteiger partial charge in [-0.15, -0.1) is 5.10 Å². The van der Waals surface area contributed by atoms with Crippen LogP contribution in [-0.4, -0.2) is 42.6 Å². The van der Waals surface area contributed by atoms with Gasteiger partial charge in [0.2, 0.25) is 10.0 Å². The van der Waals surface area contributed by atoms with Crippen molar-refractivity contribution in [3.8, 4) is 0 Å². The second-order valence-corrected chi connectivity index (χ2v) is 6.85. The van der Waals surface area contributed by atoms with Gasteiger partial charge in [-0.2, -0.15) is 0 Å². The average molecular weight is 364 g/mol. The Morgan fingerprint density at radius 1 is 1.20 bits per heavy atom. The van der Waals surface area contributed by atoms with Gasteiger partial charge < -0.3 is 10.8 Å². The van der Waals surface area contributed by atoms with Gasteiger partial charge in [0.15, 0.2) is 5.84 Å². The van der Waals surface area contributed by atoms with Crippen molar-refractivity contribution in [3.05, 3.63) is 59.9 Å². The number of nitrogens with one attached hydrogen (secondary N) is 1. The molecule has 2 rings (SSSR count). The van der Waals surface area contributed by atoms with E-state index in [1.165, 1.54) is 29.4 Å². The third-order valence-corrected chi connectivity index (χ3v) is 4.67. The average Bonchev–Trinajstić information content (AvgIpc) is 2.61. The van der Waals surface area contributed by atoms with E-state index in [0.29, 0.717) is 12.1 Å². The van der Waals surface area contributed by atoms with Crippen LogP contribution in [0, 0.1) is 0 Å². The quantitative estimate of drug-likeness (QED) is 0.210. The normalized spacial score (nSPS) is 12.2. The van der Waals surface area contributed by atoms with Crippen LogP contribution in [0.5, 0.6) is 0 Å². The van der Waals surface area contributed by atoms with E-state index in [1.54, 1.807) is 12.4 Å². The highest BCUT2D eigenvalue weighted by molar-refractivity contribution is 7.89. The van der Waals surface area contributed by atoms with E-state index in [1.807, 2.05) is 12.1 Å². The summed E-state index contributed by atoms with van der Waals surface area (Å²) in [5, 5.41) is 14.0. The van der Waals surface area contributed by atoms with E-state index in [2.05, 4.69) is 14.8 Å². The molecule has 0 fully saturated rings. The molecule has 0 unspecified atom stereocenters. The minimum Gasteiger partial charge on any atom is -0.395 e. The van der Waals surface area contributed by atoms with Gasteiger partial charge in [-0.25, -0.2) is 24.1 Å². The van der Waals surface area contributed by atoms with Crippen LogP contribution in [0.15, 0.2) is 58.8 Å². The molecule has 134 valence electrons. The van der Waals surface area contributed by atoms with Gasteiger partial charge in [-0.3, -0.25) is 4.98 Å². The van der Waals surface area contributed by atoms with Crippen LogP contribution in [-0.2, 0) is 16.6 Å². The number of aliphatic hydroxyl groups is 1. The molecule has 0 aliphatic rings. The molecule has 0 saturated heterocycles. The molecule has 0 aliphatic carbocycles. The molecule has 25 heavy (non-hydrogen) atoms. The smallest absolute Gasteiger partial charge is 0.240 e. The molecule has 1 aromatic carbocycles. The maximum atomic E-state index is 11.9. The van der Waals surface area contributed by atoms with Crippen LogP contribution < -0.4 is 16.3 Å². The van der Waals surface area contributed by atoms with E-state index in [9.17, 15) is 8.42 Å². The highest BCUT2D eigenvalue weighted by atomic mass is 32.2. The Kier molecular flexibility index (Phi) is 6.42. The third-order valence-electron chi connectivity index (χ3n) is 3.19. The molecule has 6 N–H and O–H groups in total. The van der Waals surface area contributed by atoms with Gasteiger partial charge in [0.05, 0.1) is 18.0 Å². The number of hydrogen-bond acceptors (Lipinski definition) is 7. The molecule has 0 aliphatic heterocycles. The van der Waals surface area contributed by atoms with E-state index in [4.69, 9.17) is 16.7 Å². The van der Waals surface area contributed by atoms with Gasteiger partial charge in [-0.1, -0.05) is 0 Å². The fourth-order valence-corrected chi connectivity index (χ4v) is 3.00. The third kappa shape index (κ3) is 5.50. The summed E-state index contributed by atoms with van der Waals surface area (Å²) in [6.07, 6.45) is 3.31. The monoisotopic (exact) mass is 364 g/mol. The fraction of sp³-hybridized carbons (Fsp3) is 0.200. The number of nitrogens with zero attached hydrogens (tertiary/aromatic N) is 3. The van der Waals surface area contributed by atoms with Crippen LogP contribution in [0.25, 0.3) is 0 Å². The standard InChI is InChI=1S/C15H20N6O3S/c16-15(20-21(17)11-12-5-7-18-8-6-12)13-1-3-14(4-2-13)25(23,24)19-9-10-22/h1-8,19,22H,9-11,17H2,(H2,16,20). The lowest BCUT2D eigenvalue weighted by molar-refractivity contribution is 0.290. The number of aromatic nitrogens is 1. The van der Waals surface area contributed by atoms with Crippen LogP contribution in [0.3, 0.4) is 0 Å². The van der Waals surface area contributed by atoms with Crippen molar-refractivity contribution in [2.45, 2.75) is 11.4 Å². The first-order valence-electron chi connectivity index (χ1n) is 7.38. The summed E-state index contributed by atoms with van der Waals surface area (Å²) < 4.78 is 26.1. The Labute approximate surface area is 146 Å². The first kappa shape index (κ1) is 18.8. The van der Waals surface area contributed by atoms with Crippen molar-refractivity contribution < 1.29 is 13.5 Å².